The highest BCUT2D eigenvalue weighted by atomic mass is 19.1. The average molecular weight is 586 g/mol. The molecule has 12 nitrogen and oxygen atoms in total. The van der Waals surface area contributed by atoms with Crippen LogP contribution in [0.2, 0.25) is 0 Å². The molecule has 1 aliphatic heterocycles. The van der Waals surface area contributed by atoms with E-state index >= 15 is 4.39 Å². The topological polar surface area (TPSA) is 181 Å². The van der Waals surface area contributed by atoms with Gasteiger partial charge in [0.1, 0.15) is 11.7 Å². The quantitative estimate of drug-likeness (QED) is 0.165. The monoisotopic (exact) mass is 585 g/mol. The predicted molar refractivity (Wildman–Crippen MR) is 141 cm³/mol. The Balaban J connectivity index is 2.30. The third-order valence-electron chi connectivity index (χ3n) is 6.22. The fourth-order valence-corrected chi connectivity index (χ4v) is 4.02. The molecule has 0 bridgehead atoms. The largest absolute Gasteiger partial charge is 0.504 e. The van der Waals surface area contributed by atoms with Crippen molar-refractivity contribution in [1.29, 1.82) is 0 Å². The van der Waals surface area contributed by atoms with Crippen molar-refractivity contribution >= 4 is 23.9 Å². The molecule has 2 unspecified atom stereocenters. The van der Waals surface area contributed by atoms with Crippen LogP contribution in [0.4, 0.5) is 4.39 Å². The van der Waals surface area contributed by atoms with E-state index in [1.165, 1.54) is 13.0 Å². The standard InChI is InChI=1S/C28H40FNO11/c1-5-8-21(33)38-20-15-37-26(25(40-23(35)10-7-3)24(20)39-22(34)9-6-2)41-27(36)28(4,30)14-17(29)16-11-12-18(31)19(32)13-16/h11-13,17,20,24-26,31-32H,5-10,14-15,30H2,1-4H3/t17?,20-,24+,25-,26?,28+/m1/s1. The number of alkyl halides is 1. The van der Waals surface area contributed by atoms with Crippen molar-refractivity contribution in [1.82, 2.24) is 0 Å². The first-order valence-electron chi connectivity index (χ1n) is 13.7. The third kappa shape index (κ3) is 9.85. The molecule has 41 heavy (non-hydrogen) atoms. The maximum Gasteiger partial charge on any atom is 0.328 e. The first kappa shape index (κ1) is 33.8. The zero-order valence-electron chi connectivity index (χ0n) is 23.8. The van der Waals surface area contributed by atoms with E-state index < -0.39 is 78.1 Å². The Morgan fingerprint density at radius 1 is 0.927 bits per heavy atom. The van der Waals surface area contributed by atoms with Gasteiger partial charge in [0, 0.05) is 25.7 Å². The van der Waals surface area contributed by atoms with Crippen LogP contribution in [0.15, 0.2) is 18.2 Å². The van der Waals surface area contributed by atoms with Crippen LogP contribution in [-0.2, 0) is 42.9 Å². The number of halogens is 1. The van der Waals surface area contributed by atoms with Crippen LogP contribution in [0.1, 0.15) is 84.4 Å². The van der Waals surface area contributed by atoms with Gasteiger partial charge in [-0.1, -0.05) is 26.8 Å². The smallest absolute Gasteiger partial charge is 0.328 e. The normalized spacial score (nSPS) is 22.6. The summed E-state index contributed by atoms with van der Waals surface area (Å²) in [6.45, 7) is 6.13. The molecule has 0 saturated carbocycles. The fraction of sp³-hybridized carbons (Fsp3) is 0.643. The van der Waals surface area contributed by atoms with Gasteiger partial charge in [-0.2, -0.15) is 0 Å². The number of aromatic hydroxyl groups is 2. The van der Waals surface area contributed by atoms with Crippen molar-refractivity contribution < 1.29 is 57.5 Å². The summed E-state index contributed by atoms with van der Waals surface area (Å²) in [6.07, 6.45) is -6.60. The van der Waals surface area contributed by atoms with E-state index in [-0.39, 0.29) is 31.4 Å². The average Bonchev–Trinajstić information content (AvgIpc) is 2.89. The van der Waals surface area contributed by atoms with Crippen LogP contribution >= 0.6 is 0 Å². The van der Waals surface area contributed by atoms with Crippen molar-refractivity contribution in [3.63, 3.8) is 0 Å². The highest BCUT2D eigenvalue weighted by Crippen LogP contribution is 2.34. The Bertz CT molecular complexity index is 1060. The van der Waals surface area contributed by atoms with Crippen LogP contribution in [-0.4, -0.2) is 70.8 Å². The van der Waals surface area contributed by atoms with Crippen molar-refractivity contribution in [2.75, 3.05) is 6.61 Å². The van der Waals surface area contributed by atoms with Crippen LogP contribution in [0.25, 0.3) is 0 Å². The van der Waals surface area contributed by atoms with Crippen LogP contribution in [0.5, 0.6) is 11.5 Å². The predicted octanol–water partition coefficient (Wildman–Crippen LogP) is 3.25. The molecule has 0 radical (unpaired) electrons. The second kappa shape index (κ2) is 15.5. The van der Waals surface area contributed by atoms with Gasteiger partial charge >= 0.3 is 23.9 Å². The molecule has 0 aromatic heterocycles. The molecule has 1 aromatic carbocycles. The van der Waals surface area contributed by atoms with Gasteiger partial charge in [-0.05, 0) is 43.9 Å². The van der Waals surface area contributed by atoms with E-state index in [0.717, 1.165) is 12.1 Å². The number of carbonyl (C=O) groups is 4. The Morgan fingerprint density at radius 2 is 1.46 bits per heavy atom. The second-order valence-electron chi connectivity index (χ2n) is 10.1. The number of ether oxygens (including phenoxy) is 5. The lowest BCUT2D eigenvalue weighted by Gasteiger charge is -2.41. The molecule has 6 atom stereocenters. The number of benzene rings is 1. The van der Waals surface area contributed by atoms with Crippen molar-refractivity contribution in [2.24, 2.45) is 5.73 Å². The Hall–Kier alpha value is -3.45. The minimum atomic E-state index is -1.94. The summed E-state index contributed by atoms with van der Waals surface area (Å²) in [5.41, 5.74) is 4.14. The molecule has 1 saturated heterocycles. The van der Waals surface area contributed by atoms with E-state index in [1.54, 1.807) is 20.8 Å². The number of nitrogens with two attached hydrogens (primary N) is 1. The number of rotatable bonds is 14. The molecular weight excluding hydrogens is 545 g/mol. The van der Waals surface area contributed by atoms with Gasteiger partial charge in [0.2, 0.25) is 12.4 Å². The lowest BCUT2D eigenvalue weighted by Crippen LogP contribution is -2.60. The van der Waals surface area contributed by atoms with Gasteiger partial charge in [0.15, 0.2) is 23.7 Å². The summed E-state index contributed by atoms with van der Waals surface area (Å²) in [5, 5.41) is 19.1. The highest BCUT2D eigenvalue weighted by molar-refractivity contribution is 5.80. The van der Waals surface area contributed by atoms with E-state index in [2.05, 4.69) is 0 Å². The third-order valence-corrected chi connectivity index (χ3v) is 6.22. The molecule has 0 spiro atoms. The van der Waals surface area contributed by atoms with Gasteiger partial charge in [-0.15, -0.1) is 0 Å². The minimum Gasteiger partial charge on any atom is -0.504 e. The Labute approximate surface area is 238 Å². The van der Waals surface area contributed by atoms with Gasteiger partial charge in [0.25, 0.3) is 0 Å². The molecule has 1 heterocycles. The molecule has 13 heteroatoms. The van der Waals surface area contributed by atoms with Crippen LogP contribution in [0, 0.1) is 0 Å². The summed E-state index contributed by atoms with van der Waals surface area (Å²) >= 11 is 0. The summed E-state index contributed by atoms with van der Waals surface area (Å²) < 4.78 is 42.6. The molecule has 4 N–H and O–H groups in total. The zero-order valence-corrected chi connectivity index (χ0v) is 23.8. The van der Waals surface area contributed by atoms with Crippen molar-refractivity contribution in [3.8, 4) is 11.5 Å². The van der Waals surface area contributed by atoms with E-state index in [4.69, 9.17) is 29.4 Å². The number of hydrogen-bond acceptors (Lipinski definition) is 12. The lowest BCUT2D eigenvalue weighted by atomic mass is 9.92. The fourth-order valence-electron chi connectivity index (χ4n) is 4.02. The van der Waals surface area contributed by atoms with Crippen LogP contribution in [0.3, 0.4) is 0 Å². The van der Waals surface area contributed by atoms with E-state index in [9.17, 15) is 29.4 Å². The maximum absolute atomic E-state index is 15.0. The second-order valence-corrected chi connectivity index (χ2v) is 10.1. The van der Waals surface area contributed by atoms with Crippen molar-refractivity contribution in [3.05, 3.63) is 23.8 Å². The minimum absolute atomic E-state index is 0.00923. The van der Waals surface area contributed by atoms with Gasteiger partial charge in [-0.25, -0.2) is 9.18 Å². The molecule has 0 aliphatic carbocycles. The van der Waals surface area contributed by atoms with Gasteiger partial charge in [-0.3, -0.25) is 14.4 Å². The number of carbonyl (C=O) groups excluding carboxylic acids is 4. The number of esters is 4. The van der Waals surface area contributed by atoms with E-state index in [0.29, 0.717) is 19.3 Å². The molecular formula is C28H40FNO11. The summed E-state index contributed by atoms with van der Waals surface area (Å²) in [4.78, 5) is 50.4. The lowest BCUT2D eigenvalue weighted by molar-refractivity contribution is -0.277. The summed E-state index contributed by atoms with van der Waals surface area (Å²) in [5.74, 6) is -4.05. The molecule has 230 valence electrons. The van der Waals surface area contributed by atoms with Gasteiger partial charge < -0.3 is 39.6 Å². The van der Waals surface area contributed by atoms with E-state index in [1.807, 2.05) is 0 Å². The molecule has 1 fully saturated rings. The Kier molecular flexibility index (Phi) is 12.8. The van der Waals surface area contributed by atoms with Crippen LogP contribution < -0.4 is 5.73 Å². The molecule has 0 amide bonds. The molecule has 1 aromatic rings. The molecule has 2 rings (SSSR count). The maximum atomic E-state index is 15.0. The summed E-state index contributed by atoms with van der Waals surface area (Å²) in [7, 11) is 0. The first-order chi connectivity index (χ1) is 19.3. The SMILES string of the molecule is CCCC(=O)O[C@H]1[C@H](OC(=O)CCC)COC(OC(=O)[C@@](C)(N)CC(F)c2ccc(O)c(O)c2)[C@@H]1OC(=O)CCC. The Morgan fingerprint density at radius 3 is 2.00 bits per heavy atom. The highest BCUT2D eigenvalue weighted by Gasteiger charge is 2.50. The first-order valence-corrected chi connectivity index (χ1v) is 13.7. The number of hydrogen-bond donors (Lipinski definition) is 3. The van der Waals surface area contributed by atoms with Gasteiger partial charge in [0.05, 0.1) is 6.61 Å². The summed E-state index contributed by atoms with van der Waals surface area (Å²) in [6, 6.07) is 3.33. The molecule has 1 aliphatic rings. The van der Waals surface area contributed by atoms with Crippen molar-refractivity contribution in [2.45, 2.75) is 109 Å². The zero-order chi connectivity index (χ0) is 30.7. The number of phenolic OH excluding ortho intramolecular Hbond substituents is 2. The number of phenols is 2.